The lowest BCUT2D eigenvalue weighted by Crippen LogP contribution is -2.39. The van der Waals surface area contributed by atoms with Crippen LogP contribution in [0.2, 0.25) is 0 Å². The van der Waals surface area contributed by atoms with Crippen molar-refractivity contribution in [3.8, 4) is 11.1 Å². The van der Waals surface area contributed by atoms with Crippen LogP contribution in [0.25, 0.3) is 11.1 Å². The molecular formula is C19H17NO5. The number of benzene rings is 2. The molecule has 4 rings (SSSR count). The van der Waals surface area contributed by atoms with Crippen molar-refractivity contribution in [3.63, 3.8) is 0 Å². The summed E-state index contributed by atoms with van der Waals surface area (Å²) in [5.41, 5.74) is 4.52. The second kappa shape index (κ2) is 6.22. The van der Waals surface area contributed by atoms with Gasteiger partial charge in [-0.15, -0.1) is 0 Å². The highest BCUT2D eigenvalue weighted by atomic mass is 16.6. The van der Waals surface area contributed by atoms with Crippen LogP contribution in [-0.2, 0) is 14.3 Å². The van der Waals surface area contributed by atoms with Gasteiger partial charge >= 0.3 is 12.1 Å². The molecule has 0 aromatic heterocycles. The van der Waals surface area contributed by atoms with E-state index in [4.69, 9.17) is 14.6 Å². The molecule has 1 unspecified atom stereocenters. The molecule has 1 saturated heterocycles. The van der Waals surface area contributed by atoms with E-state index in [1.165, 1.54) is 0 Å². The second-order valence-corrected chi connectivity index (χ2v) is 6.11. The number of hydrogen-bond acceptors (Lipinski definition) is 4. The van der Waals surface area contributed by atoms with Crippen molar-refractivity contribution < 1.29 is 24.2 Å². The molecule has 25 heavy (non-hydrogen) atoms. The quantitative estimate of drug-likeness (QED) is 0.847. The fraction of sp³-hybridized carbons (Fsp3) is 0.263. The van der Waals surface area contributed by atoms with Gasteiger partial charge in [0.25, 0.3) is 0 Å². The number of ether oxygens (including phenoxy) is 2. The molecule has 1 fully saturated rings. The predicted molar refractivity (Wildman–Crippen MR) is 89.2 cm³/mol. The Kier molecular flexibility index (Phi) is 3.89. The number of aliphatic carboxylic acids is 1. The summed E-state index contributed by atoms with van der Waals surface area (Å²) in [5.74, 6) is -1.15. The minimum absolute atomic E-state index is 0.0526. The molecule has 1 aliphatic heterocycles. The summed E-state index contributed by atoms with van der Waals surface area (Å²) in [5, 5.41) is 8.94. The van der Waals surface area contributed by atoms with Crippen molar-refractivity contribution in [2.24, 2.45) is 0 Å². The van der Waals surface area contributed by atoms with Crippen LogP contribution in [0.15, 0.2) is 48.5 Å². The first-order chi connectivity index (χ1) is 12.1. The van der Waals surface area contributed by atoms with E-state index in [9.17, 15) is 9.59 Å². The predicted octanol–water partition coefficient (Wildman–Crippen LogP) is 2.68. The summed E-state index contributed by atoms with van der Waals surface area (Å²) >= 11 is 0. The van der Waals surface area contributed by atoms with Gasteiger partial charge in [-0.05, 0) is 22.3 Å². The molecule has 2 aromatic carbocycles. The van der Waals surface area contributed by atoms with E-state index in [0.29, 0.717) is 6.61 Å². The number of amides is 1. The molecule has 0 saturated carbocycles. The number of fused-ring (bicyclic) bond motifs is 3. The standard InChI is InChI=1S/C19H17NO5/c21-18(22)9-20(17-11-24-17)19(23)25-10-16-14-7-3-1-5-12(14)13-6-2-4-8-15(13)16/h1-8,16-17H,9-11H2,(H,21,22). The topological polar surface area (TPSA) is 79.4 Å². The lowest BCUT2D eigenvalue weighted by atomic mass is 9.98. The van der Waals surface area contributed by atoms with E-state index in [1.54, 1.807) is 0 Å². The Labute approximate surface area is 144 Å². The molecule has 6 nitrogen and oxygen atoms in total. The molecule has 1 N–H and O–H groups in total. The van der Waals surface area contributed by atoms with Crippen LogP contribution < -0.4 is 0 Å². The number of hydrogen-bond donors (Lipinski definition) is 1. The van der Waals surface area contributed by atoms with Crippen molar-refractivity contribution in [2.75, 3.05) is 19.8 Å². The molecule has 128 valence electrons. The smallest absolute Gasteiger partial charge is 0.412 e. The van der Waals surface area contributed by atoms with Gasteiger partial charge in [-0.1, -0.05) is 48.5 Å². The first kappa shape index (κ1) is 15.7. The molecule has 0 spiro atoms. The Balaban J connectivity index is 1.53. The third-order valence-electron chi connectivity index (χ3n) is 4.54. The number of nitrogens with zero attached hydrogens (tertiary/aromatic N) is 1. The molecular weight excluding hydrogens is 322 g/mol. The highest BCUT2D eigenvalue weighted by molar-refractivity contribution is 5.79. The summed E-state index contributed by atoms with van der Waals surface area (Å²) in [6.45, 7) is 0.0779. The van der Waals surface area contributed by atoms with Crippen LogP contribution in [0.4, 0.5) is 4.79 Å². The van der Waals surface area contributed by atoms with Crippen molar-refractivity contribution in [3.05, 3.63) is 59.7 Å². The number of epoxide rings is 1. The van der Waals surface area contributed by atoms with Crippen molar-refractivity contribution >= 4 is 12.1 Å². The van der Waals surface area contributed by atoms with Gasteiger partial charge < -0.3 is 14.6 Å². The minimum Gasteiger partial charge on any atom is -0.480 e. The first-order valence-electron chi connectivity index (χ1n) is 8.10. The van der Waals surface area contributed by atoms with E-state index < -0.39 is 24.8 Å². The molecule has 0 bridgehead atoms. The Bertz CT molecular complexity index is 785. The van der Waals surface area contributed by atoms with Gasteiger partial charge in [0.2, 0.25) is 0 Å². The Morgan fingerprint density at radius 1 is 1.08 bits per heavy atom. The maximum Gasteiger partial charge on any atom is 0.412 e. The summed E-state index contributed by atoms with van der Waals surface area (Å²) < 4.78 is 10.5. The van der Waals surface area contributed by atoms with E-state index in [-0.39, 0.29) is 12.5 Å². The van der Waals surface area contributed by atoms with E-state index in [1.807, 2.05) is 36.4 Å². The lowest BCUT2D eigenvalue weighted by molar-refractivity contribution is -0.138. The Morgan fingerprint density at radius 3 is 2.16 bits per heavy atom. The zero-order chi connectivity index (χ0) is 17.4. The average Bonchev–Trinajstić information content (AvgIpc) is 3.40. The van der Waals surface area contributed by atoms with Crippen molar-refractivity contribution in [2.45, 2.75) is 12.1 Å². The summed E-state index contributed by atoms with van der Waals surface area (Å²) in [7, 11) is 0. The van der Waals surface area contributed by atoms with E-state index >= 15 is 0 Å². The minimum atomic E-state index is -1.09. The van der Waals surface area contributed by atoms with Crippen LogP contribution in [0.3, 0.4) is 0 Å². The zero-order valence-corrected chi connectivity index (χ0v) is 13.4. The van der Waals surface area contributed by atoms with Gasteiger partial charge in [0.1, 0.15) is 13.2 Å². The molecule has 1 amide bonds. The third-order valence-corrected chi connectivity index (χ3v) is 4.54. The highest BCUT2D eigenvalue weighted by Crippen LogP contribution is 2.44. The SMILES string of the molecule is O=C(O)CN(C(=O)OCC1c2ccccc2-c2ccccc21)C1CO1. The monoisotopic (exact) mass is 339 g/mol. The van der Waals surface area contributed by atoms with Crippen molar-refractivity contribution in [1.82, 2.24) is 4.90 Å². The lowest BCUT2D eigenvalue weighted by Gasteiger charge is -2.20. The van der Waals surface area contributed by atoms with Crippen LogP contribution in [0, 0.1) is 0 Å². The van der Waals surface area contributed by atoms with Crippen LogP contribution >= 0.6 is 0 Å². The fourth-order valence-corrected chi connectivity index (χ4v) is 3.33. The van der Waals surface area contributed by atoms with E-state index in [2.05, 4.69) is 12.1 Å². The number of carboxylic acid groups (broad SMARTS) is 1. The average molecular weight is 339 g/mol. The number of carbonyl (C=O) groups excluding carboxylic acids is 1. The van der Waals surface area contributed by atoms with Crippen LogP contribution in [-0.4, -0.2) is 48.1 Å². The van der Waals surface area contributed by atoms with Crippen molar-refractivity contribution in [1.29, 1.82) is 0 Å². The molecule has 2 aliphatic rings. The second-order valence-electron chi connectivity index (χ2n) is 6.11. The molecule has 6 heteroatoms. The van der Waals surface area contributed by atoms with Crippen LogP contribution in [0.5, 0.6) is 0 Å². The van der Waals surface area contributed by atoms with Gasteiger partial charge in [-0.3, -0.25) is 9.69 Å². The number of carbonyl (C=O) groups is 2. The molecule has 2 aromatic rings. The molecule has 1 atom stereocenters. The summed E-state index contributed by atoms with van der Waals surface area (Å²) in [6.07, 6.45) is -1.15. The van der Waals surface area contributed by atoms with Gasteiger partial charge in [0.15, 0.2) is 6.23 Å². The van der Waals surface area contributed by atoms with Gasteiger partial charge in [-0.25, -0.2) is 4.79 Å². The fourth-order valence-electron chi connectivity index (χ4n) is 3.33. The maximum absolute atomic E-state index is 12.3. The van der Waals surface area contributed by atoms with Gasteiger partial charge in [0.05, 0.1) is 6.61 Å². The zero-order valence-electron chi connectivity index (χ0n) is 13.4. The van der Waals surface area contributed by atoms with Gasteiger partial charge in [-0.2, -0.15) is 0 Å². The van der Waals surface area contributed by atoms with Gasteiger partial charge in [0, 0.05) is 5.92 Å². The Morgan fingerprint density at radius 2 is 1.64 bits per heavy atom. The number of carboxylic acids is 1. The Hall–Kier alpha value is -2.86. The molecule has 1 heterocycles. The third kappa shape index (κ3) is 2.96. The molecule has 1 aliphatic carbocycles. The highest BCUT2D eigenvalue weighted by Gasteiger charge is 2.37. The molecule has 0 radical (unpaired) electrons. The normalized spacial score (nSPS) is 17.5. The largest absolute Gasteiger partial charge is 0.480 e. The number of rotatable bonds is 5. The van der Waals surface area contributed by atoms with E-state index in [0.717, 1.165) is 27.2 Å². The first-order valence-corrected chi connectivity index (χ1v) is 8.10. The summed E-state index contributed by atoms with van der Waals surface area (Å²) in [6, 6.07) is 16.1. The summed E-state index contributed by atoms with van der Waals surface area (Å²) in [4.78, 5) is 24.3. The maximum atomic E-state index is 12.3. The van der Waals surface area contributed by atoms with Crippen LogP contribution in [0.1, 0.15) is 17.0 Å².